The van der Waals surface area contributed by atoms with E-state index in [4.69, 9.17) is 0 Å². The van der Waals surface area contributed by atoms with Gasteiger partial charge in [-0.15, -0.1) is 0 Å². The van der Waals surface area contributed by atoms with Crippen molar-refractivity contribution < 1.29 is 13.2 Å². The molecule has 1 aliphatic rings. The van der Waals surface area contributed by atoms with Crippen LogP contribution in [-0.2, 0) is 6.42 Å². The maximum absolute atomic E-state index is 12.1. The predicted octanol–water partition coefficient (Wildman–Crippen LogP) is 4.63. The Bertz CT molecular complexity index is 451. The molecule has 0 spiro atoms. The fraction of sp³-hybridized carbons (Fsp3) is 0.625. The van der Waals surface area contributed by atoms with Crippen molar-refractivity contribution in [3.8, 4) is 0 Å². The first-order valence-electron chi connectivity index (χ1n) is 7.17. The first-order chi connectivity index (χ1) is 9.30. The highest BCUT2D eigenvalue weighted by molar-refractivity contribution is 5.37. The number of hydrogen-bond acceptors (Lipinski definition) is 1. The Morgan fingerprint density at radius 2 is 1.90 bits per heavy atom. The van der Waals surface area contributed by atoms with Crippen molar-refractivity contribution >= 4 is 0 Å². The third kappa shape index (κ3) is 3.75. The zero-order valence-electron chi connectivity index (χ0n) is 12.1. The van der Waals surface area contributed by atoms with E-state index in [0.717, 1.165) is 6.42 Å². The lowest BCUT2D eigenvalue weighted by Gasteiger charge is -2.28. The number of halogens is 3. The van der Waals surface area contributed by atoms with E-state index in [2.05, 4.69) is 31.3 Å². The molecule has 0 fully saturated rings. The van der Waals surface area contributed by atoms with Gasteiger partial charge in [0.2, 0.25) is 0 Å². The number of fused-ring (bicyclic) bond motifs is 1. The van der Waals surface area contributed by atoms with E-state index < -0.39 is 12.6 Å². The van der Waals surface area contributed by atoms with Crippen molar-refractivity contribution in [2.24, 2.45) is 5.41 Å². The minimum atomic E-state index is -4.03. The Morgan fingerprint density at radius 3 is 2.60 bits per heavy atom. The summed E-state index contributed by atoms with van der Waals surface area (Å²) in [5.41, 5.74) is 2.77. The lowest BCUT2D eigenvalue weighted by molar-refractivity contribution is -0.135. The molecule has 1 nitrogen and oxygen atoms in total. The molecule has 1 aromatic carbocycles. The summed E-state index contributed by atoms with van der Waals surface area (Å²) in [4.78, 5) is 0. The molecule has 0 aliphatic heterocycles. The first kappa shape index (κ1) is 15.4. The van der Waals surface area contributed by atoms with Crippen LogP contribution >= 0.6 is 0 Å². The number of hydrogen-bond donors (Lipinski definition) is 1. The molecule has 1 atom stereocenters. The van der Waals surface area contributed by atoms with Crippen molar-refractivity contribution in [1.82, 2.24) is 5.32 Å². The van der Waals surface area contributed by atoms with E-state index in [-0.39, 0.29) is 17.9 Å². The van der Waals surface area contributed by atoms with Gasteiger partial charge >= 0.3 is 6.18 Å². The van der Waals surface area contributed by atoms with Gasteiger partial charge in [0.05, 0.1) is 0 Å². The molecule has 2 rings (SSSR count). The number of nitrogens with one attached hydrogen (secondary N) is 1. The van der Waals surface area contributed by atoms with Crippen LogP contribution in [0.5, 0.6) is 0 Å². The zero-order valence-corrected chi connectivity index (χ0v) is 12.1. The zero-order chi connectivity index (χ0) is 14.8. The van der Waals surface area contributed by atoms with E-state index in [9.17, 15) is 13.2 Å². The quantitative estimate of drug-likeness (QED) is 0.778. The average molecular weight is 285 g/mol. The minimum Gasteiger partial charge on any atom is -0.309 e. The highest BCUT2D eigenvalue weighted by atomic mass is 19.4. The molecule has 0 bridgehead atoms. The Labute approximate surface area is 118 Å². The molecular formula is C16H22F3N. The number of unbranched alkanes of at least 4 members (excludes halogenated alkanes) is 1. The average Bonchev–Trinajstić information content (AvgIpc) is 2.58. The van der Waals surface area contributed by atoms with Crippen LogP contribution in [0.1, 0.15) is 50.3 Å². The third-order valence-corrected chi connectivity index (χ3v) is 4.03. The second kappa shape index (κ2) is 5.76. The van der Waals surface area contributed by atoms with E-state index in [0.29, 0.717) is 13.0 Å². The fourth-order valence-corrected chi connectivity index (χ4v) is 3.07. The van der Waals surface area contributed by atoms with Crippen LogP contribution in [0.15, 0.2) is 24.3 Å². The van der Waals surface area contributed by atoms with Gasteiger partial charge < -0.3 is 5.32 Å². The van der Waals surface area contributed by atoms with E-state index in [1.165, 1.54) is 11.1 Å². The van der Waals surface area contributed by atoms with Gasteiger partial charge in [0.15, 0.2) is 0 Å². The molecule has 0 saturated carbocycles. The van der Waals surface area contributed by atoms with Crippen molar-refractivity contribution in [1.29, 1.82) is 0 Å². The smallest absolute Gasteiger partial charge is 0.309 e. The summed E-state index contributed by atoms with van der Waals surface area (Å²) in [5.74, 6) is 0. The highest BCUT2D eigenvalue weighted by Crippen LogP contribution is 2.44. The molecule has 0 radical (unpaired) electrons. The van der Waals surface area contributed by atoms with Gasteiger partial charge in [0.25, 0.3) is 0 Å². The molecule has 1 aromatic rings. The summed E-state index contributed by atoms with van der Waals surface area (Å²) < 4.78 is 36.3. The van der Waals surface area contributed by atoms with Gasteiger partial charge in [-0.25, -0.2) is 0 Å². The summed E-state index contributed by atoms with van der Waals surface area (Å²) >= 11 is 0. The molecule has 1 aliphatic carbocycles. The predicted molar refractivity (Wildman–Crippen MR) is 74.6 cm³/mol. The summed E-state index contributed by atoms with van der Waals surface area (Å²) in [5, 5.41) is 3.45. The Morgan fingerprint density at radius 1 is 1.20 bits per heavy atom. The maximum atomic E-state index is 12.1. The molecule has 4 heteroatoms. The van der Waals surface area contributed by atoms with Crippen LogP contribution in [-0.4, -0.2) is 12.7 Å². The Balaban J connectivity index is 1.86. The number of benzene rings is 1. The van der Waals surface area contributed by atoms with Crippen molar-refractivity contribution in [3.63, 3.8) is 0 Å². The summed E-state index contributed by atoms with van der Waals surface area (Å²) in [6.07, 6.45) is -2.93. The van der Waals surface area contributed by atoms with Gasteiger partial charge in [-0.1, -0.05) is 38.1 Å². The number of alkyl halides is 3. The Hall–Kier alpha value is -1.03. The van der Waals surface area contributed by atoms with Crippen molar-refractivity contribution in [2.45, 2.75) is 51.7 Å². The third-order valence-electron chi connectivity index (χ3n) is 4.03. The first-order valence-corrected chi connectivity index (χ1v) is 7.17. The maximum Gasteiger partial charge on any atom is 0.389 e. The molecule has 0 aromatic heterocycles. The van der Waals surface area contributed by atoms with Gasteiger partial charge in [-0.2, -0.15) is 13.2 Å². The SMILES string of the molecule is CC1(C)Cc2ccccc2C1NCCCCC(F)(F)F. The van der Waals surface area contributed by atoms with E-state index >= 15 is 0 Å². The molecule has 0 amide bonds. The standard InChI is InChI=1S/C16H22F3N/c1-15(2)11-12-7-3-4-8-13(12)14(15)20-10-6-5-9-16(17,18)19/h3-4,7-8,14,20H,5-6,9-11H2,1-2H3. The fourth-order valence-electron chi connectivity index (χ4n) is 3.07. The van der Waals surface area contributed by atoms with Crippen LogP contribution in [0.2, 0.25) is 0 Å². The molecule has 0 heterocycles. The monoisotopic (exact) mass is 285 g/mol. The van der Waals surface area contributed by atoms with E-state index in [1.54, 1.807) is 0 Å². The van der Waals surface area contributed by atoms with E-state index in [1.807, 2.05) is 12.1 Å². The molecule has 112 valence electrons. The van der Waals surface area contributed by atoms with Crippen LogP contribution in [0.3, 0.4) is 0 Å². The molecule has 1 N–H and O–H groups in total. The molecule has 0 saturated heterocycles. The molecule has 20 heavy (non-hydrogen) atoms. The largest absolute Gasteiger partial charge is 0.389 e. The lowest BCUT2D eigenvalue weighted by Crippen LogP contribution is -2.31. The summed E-state index contributed by atoms with van der Waals surface area (Å²) in [6.45, 7) is 5.05. The number of rotatable bonds is 5. The highest BCUT2D eigenvalue weighted by Gasteiger charge is 2.38. The normalized spacial score (nSPS) is 20.9. The van der Waals surface area contributed by atoms with Crippen LogP contribution in [0.4, 0.5) is 13.2 Å². The second-order valence-corrected chi connectivity index (χ2v) is 6.32. The molecular weight excluding hydrogens is 263 g/mol. The van der Waals surface area contributed by atoms with Crippen LogP contribution in [0.25, 0.3) is 0 Å². The van der Waals surface area contributed by atoms with Crippen molar-refractivity contribution in [3.05, 3.63) is 35.4 Å². The second-order valence-electron chi connectivity index (χ2n) is 6.32. The summed E-state index contributed by atoms with van der Waals surface area (Å²) in [6, 6.07) is 8.57. The van der Waals surface area contributed by atoms with Gasteiger partial charge in [-0.3, -0.25) is 0 Å². The van der Waals surface area contributed by atoms with Gasteiger partial charge in [0.1, 0.15) is 0 Å². The van der Waals surface area contributed by atoms with Crippen LogP contribution < -0.4 is 5.32 Å². The van der Waals surface area contributed by atoms with Crippen LogP contribution in [0, 0.1) is 5.41 Å². The summed E-state index contributed by atoms with van der Waals surface area (Å²) in [7, 11) is 0. The van der Waals surface area contributed by atoms with Gasteiger partial charge in [0, 0.05) is 12.5 Å². The van der Waals surface area contributed by atoms with Gasteiger partial charge in [-0.05, 0) is 42.3 Å². The van der Waals surface area contributed by atoms with Crippen molar-refractivity contribution in [2.75, 3.05) is 6.54 Å². The Kier molecular flexibility index (Phi) is 4.43. The lowest BCUT2D eigenvalue weighted by atomic mass is 9.85. The topological polar surface area (TPSA) is 12.0 Å². The minimum absolute atomic E-state index is 0.119. The molecule has 1 unspecified atom stereocenters.